The Kier molecular flexibility index (Phi) is 5.47. The van der Waals surface area contributed by atoms with Gasteiger partial charge in [0.15, 0.2) is 5.82 Å². The number of rotatable bonds is 3. The number of halogens is 3. The zero-order chi connectivity index (χ0) is 18.7. The Balaban J connectivity index is 1.96. The number of nitrogens with zero attached hydrogens (tertiary/aromatic N) is 2. The number of aromatic nitrogens is 2. The molecule has 0 spiro atoms. The highest BCUT2D eigenvalue weighted by molar-refractivity contribution is 6.66. The third-order valence-electron chi connectivity index (χ3n) is 3.57. The van der Waals surface area contributed by atoms with Crippen LogP contribution in [0.1, 0.15) is 17.0 Å². The highest BCUT2D eigenvalue weighted by Gasteiger charge is 2.28. The molecule has 0 unspecified atom stereocenters. The molecule has 0 saturated heterocycles. The summed E-state index contributed by atoms with van der Waals surface area (Å²) >= 11 is 17.8. The second kappa shape index (κ2) is 7.62. The molecule has 1 amide bonds. The van der Waals surface area contributed by atoms with Crippen molar-refractivity contribution in [3.63, 3.8) is 0 Å². The van der Waals surface area contributed by atoms with Crippen LogP contribution in [0.15, 0.2) is 54.6 Å². The lowest BCUT2D eigenvalue weighted by Gasteiger charge is -2.13. The van der Waals surface area contributed by atoms with E-state index in [0.717, 1.165) is 11.1 Å². The van der Waals surface area contributed by atoms with Crippen LogP contribution in [0.5, 0.6) is 0 Å². The van der Waals surface area contributed by atoms with Gasteiger partial charge in [-0.25, -0.2) is 9.97 Å². The lowest BCUT2D eigenvalue weighted by molar-refractivity contribution is -0.111. The van der Waals surface area contributed by atoms with Gasteiger partial charge in [0.25, 0.3) is 0 Å². The third-order valence-corrected chi connectivity index (χ3v) is 4.08. The van der Waals surface area contributed by atoms with Gasteiger partial charge in [0, 0.05) is 11.5 Å². The van der Waals surface area contributed by atoms with Crippen LogP contribution in [0.4, 0.5) is 5.82 Å². The summed E-state index contributed by atoms with van der Waals surface area (Å²) in [5.41, 5.74) is 2.49. The SMILES string of the molecule is Cc1ccc2nc(C(Cl)(Cl)Cl)nc(NC(=O)/C=C\c3ccccc3)c2c1. The van der Waals surface area contributed by atoms with Gasteiger partial charge in [-0.15, -0.1) is 0 Å². The molecule has 1 heterocycles. The van der Waals surface area contributed by atoms with Crippen LogP contribution in [0.2, 0.25) is 0 Å². The maximum Gasteiger partial charge on any atom is 0.250 e. The van der Waals surface area contributed by atoms with Gasteiger partial charge in [-0.2, -0.15) is 0 Å². The molecule has 0 aliphatic heterocycles. The van der Waals surface area contributed by atoms with Crippen molar-refractivity contribution in [1.29, 1.82) is 0 Å². The Morgan fingerprint density at radius 3 is 2.50 bits per heavy atom. The van der Waals surface area contributed by atoms with Crippen molar-refractivity contribution in [3.8, 4) is 0 Å². The third kappa shape index (κ3) is 4.52. The van der Waals surface area contributed by atoms with Gasteiger partial charge in [0.2, 0.25) is 9.70 Å². The number of carbonyl (C=O) groups excluding carboxylic acids is 1. The van der Waals surface area contributed by atoms with Crippen LogP contribution in [-0.2, 0) is 8.59 Å². The fourth-order valence-corrected chi connectivity index (χ4v) is 2.61. The molecule has 0 aliphatic rings. The standard InChI is InChI=1S/C19H14Cl3N3O/c1-12-7-9-15-14(11-12)17(25-18(23-15)19(20,21)22)24-16(26)10-8-13-5-3-2-4-6-13/h2-11H,1H3,(H,23,24,25,26)/b10-8-. The Morgan fingerprint density at radius 1 is 1.08 bits per heavy atom. The average molecular weight is 407 g/mol. The number of nitrogens with one attached hydrogen (secondary N) is 1. The zero-order valence-corrected chi connectivity index (χ0v) is 16.0. The van der Waals surface area contributed by atoms with E-state index < -0.39 is 3.79 Å². The van der Waals surface area contributed by atoms with Crippen LogP contribution < -0.4 is 5.32 Å². The number of alkyl halides is 3. The van der Waals surface area contributed by atoms with Gasteiger partial charge in [0.1, 0.15) is 5.82 Å². The summed E-state index contributed by atoms with van der Waals surface area (Å²) in [5, 5.41) is 3.41. The van der Waals surface area contributed by atoms with Crippen LogP contribution in [-0.4, -0.2) is 15.9 Å². The first-order valence-electron chi connectivity index (χ1n) is 7.72. The predicted molar refractivity (Wildman–Crippen MR) is 108 cm³/mol. The highest BCUT2D eigenvalue weighted by atomic mass is 35.6. The molecule has 0 atom stereocenters. The van der Waals surface area contributed by atoms with E-state index in [-0.39, 0.29) is 11.7 Å². The van der Waals surface area contributed by atoms with E-state index in [4.69, 9.17) is 34.8 Å². The molecular weight excluding hydrogens is 393 g/mol. The molecule has 0 fully saturated rings. The Bertz CT molecular complexity index is 982. The Hall–Kier alpha value is -2.14. The molecule has 0 radical (unpaired) electrons. The second-order valence-corrected chi connectivity index (χ2v) is 7.93. The summed E-state index contributed by atoms with van der Waals surface area (Å²) in [6.07, 6.45) is 3.13. The minimum absolute atomic E-state index is 0.00110. The fraction of sp³-hybridized carbons (Fsp3) is 0.105. The molecule has 132 valence electrons. The van der Waals surface area contributed by atoms with Crippen molar-refractivity contribution in [2.24, 2.45) is 0 Å². The molecular formula is C19H14Cl3N3O. The minimum Gasteiger partial charge on any atom is -0.306 e. The Labute approximate surface area is 165 Å². The van der Waals surface area contributed by atoms with Gasteiger partial charge in [-0.3, -0.25) is 4.79 Å². The number of hydrogen-bond acceptors (Lipinski definition) is 3. The number of aryl methyl sites for hydroxylation is 1. The molecule has 1 aromatic heterocycles. The molecule has 4 nitrogen and oxygen atoms in total. The number of anilines is 1. The van der Waals surface area contributed by atoms with Crippen LogP contribution in [0.3, 0.4) is 0 Å². The van der Waals surface area contributed by atoms with Crippen molar-refractivity contribution < 1.29 is 4.79 Å². The number of fused-ring (bicyclic) bond motifs is 1. The quantitative estimate of drug-likeness (QED) is 0.467. The first kappa shape index (κ1) is 18.6. The molecule has 3 rings (SSSR count). The summed E-state index contributed by atoms with van der Waals surface area (Å²) in [7, 11) is 0. The Morgan fingerprint density at radius 2 is 1.81 bits per heavy atom. The molecule has 0 aliphatic carbocycles. The predicted octanol–water partition coefficient (Wildman–Crippen LogP) is 5.42. The topological polar surface area (TPSA) is 54.9 Å². The highest BCUT2D eigenvalue weighted by Crippen LogP contribution is 2.37. The smallest absolute Gasteiger partial charge is 0.250 e. The number of benzene rings is 2. The average Bonchev–Trinajstić information content (AvgIpc) is 2.60. The normalized spacial score (nSPS) is 11.8. The number of amides is 1. The van der Waals surface area contributed by atoms with Crippen LogP contribution in [0.25, 0.3) is 17.0 Å². The molecule has 26 heavy (non-hydrogen) atoms. The minimum atomic E-state index is -1.79. The summed E-state index contributed by atoms with van der Waals surface area (Å²) in [4.78, 5) is 20.8. The number of hydrogen-bond donors (Lipinski definition) is 1. The molecule has 0 saturated carbocycles. The van der Waals surface area contributed by atoms with E-state index in [1.54, 1.807) is 12.1 Å². The van der Waals surface area contributed by atoms with E-state index >= 15 is 0 Å². The summed E-state index contributed by atoms with van der Waals surface area (Å²) < 4.78 is -1.79. The van der Waals surface area contributed by atoms with Crippen molar-refractivity contribution in [2.75, 3.05) is 5.32 Å². The van der Waals surface area contributed by atoms with Crippen molar-refractivity contribution in [1.82, 2.24) is 9.97 Å². The maximum atomic E-state index is 12.3. The summed E-state index contributed by atoms with van der Waals surface area (Å²) in [5.74, 6) is -0.0467. The lowest BCUT2D eigenvalue weighted by atomic mass is 10.1. The monoisotopic (exact) mass is 405 g/mol. The van der Waals surface area contributed by atoms with Crippen LogP contribution in [0, 0.1) is 6.92 Å². The van der Waals surface area contributed by atoms with Crippen molar-refractivity contribution in [2.45, 2.75) is 10.7 Å². The van der Waals surface area contributed by atoms with Gasteiger partial charge >= 0.3 is 0 Å². The van der Waals surface area contributed by atoms with E-state index in [1.807, 2.05) is 49.4 Å². The van der Waals surface area contributed by atoms with E-state index in [1.165, 1.54) is 6.08 Å². The van der Waals surface area contributed by atoms with Crippen molar-refractivity contribution in [3.05, 3.63) is 71.6 Å². The summed E-state index contributed by atoms with van der Waals surface area (Å²) in [6, 6.07) is 15.0. The first-order chi connectivity index (χ1) is 12.3. The van der Waals surface area contributed by atoms with Crippen LogP contribution >= 0.6 is 34.8 Å². The van der Waals surface area contributed by atoms with Gasteiger partial charge in [0.05, 0.1) is 5.52 Å². The lowest BCUT2D eigenvalue weighted by Crippen LogP contribution is -2.14. The van der Waals surface area contributed by atoms with Gasteiger partial charge in [-0.05, 0) is 30.7 Å². The molecule has 0 bridgehead atoms. The fourth-order valence-electron chi connectivity index (χ4n) is 2.36. The molecule has 1 N–H and O–H groups in total. The molecule has 3 aromatic rings. The number of carbonyl (C=O) groups is 1. The second-order valence-electron chi connectivity index (χ2n) is 5.65. The largest absolute Gasteiger partial charge is 0.306 e. The van der Waals surface area contributed by atoms with E-state index in [9.17, 15) is 4.79 Å². The van der Waals surface area contributed by atoms with Gasteiger partial charge < -0.3 is 5.32 Å². The van der Waals surface area contributed by atoms with E-state index in [0.29, 0.717) is 16.7 Å². The molecule has 7 heteroatoms. The van der Waals surface area contributed by atoms with Gasteiger partial charge in [-0.1, -0.05) is 76.8 Å². The summed E-state index contributed by atoms with van der Waals surface area (Å²) in [6.45, 7) is 1.93. The van der Waals surface area contributed by atoms with E-state index in [2.05, 4.69) is 15.3 Å². The first-order valence-corrected chi connectivity index (χ1v) is 8.86. The zero-order valence-electron chi connectivity index (χ0n) is 13.7. The maximum absolute atomic E-state index is 12.3. The molecule has 2 aromatic carbocycles. The van der Waals surface area contributed by atoms with Crippen molar-refractivity contribution >= 4 is 63.5 Å².